The van der Waals surface area contributed by atoms with Gasteiger partial charge in [-0.05, 0) is 24.1 Å². The zero-order valence-electron chi connectivity index (χ0n) is 11.0. The van der Waals surface area contributed by atoms with E-state index in [2.05, 4.69) is 42.2 Å². The molecular weight excluding hydrogens is 194 g/mol. The van der Waals surface area contributed by atoms with Crippen LogP contribution < -0.4 is 0 Å². The fraction of sp³-hybridized carbons (Fsp3) is 0.333. The molecule has 0 saturated heterocycles. The first kappa shape index (κ1) is 14.5. The van der Waals surface area contributed by atoms with Crippen LogP contribution in [0.3, 0.4) is 0 Å². The number of hydrogen-bond acceptors (Lipinski definition) is 0. The Kier molecular flexibility index (Phi) is 7.96. The summed E-state index contributed by atoms with van der Waals surface area (Å²) in [5, 5.41) is 0. The van der Waals surface area contributed by atoms with Gasteiger partial charge in [0, 0.05) is 11.9 Å². The van der Waals surface area contributed by atoms with E-state index >= 15 is 0 Å². The van der Waals surface area contributed by atoms with E-state index in [0.29, 0.717) is 0 Å². The van der Waals surface area contributed by atoms with E-state index in [-0.39, 0.29) is 0 Å². The van der Waals surface area contributed by atoms with Crippen molar-refractivity contribution in [2.75, 3.05) is 0 Å². The van der Waals surface area contributed by atoms with Crippen LogP contribution in [0.15, 0.2) is 42.6 Å². The molecule has 1 heteroatoms. The summed E-state index contributed by atoms with van der Waals surface area (Å²) in [4.78, 5) is 3.22. The van der Waals surface area contributed by atoms with E-state index in [4.69, 9.17) is 0 Å². The summed E-state index contributed by atoms with van der Waals surface area (Å²) in [6, 6.07) is 12.4. The minimum atomic E-state index is 1.22. The molecule has 2 aromatic rings. The number of H-pyrrole nitrogens is 1. The molecule has 0 atom stereocenters. The minimum Gasteiger partial charge on any atom is -0.361 e. The van der Waals surface area contributed by atoms with Crippen LogP contribution in [0.1, 0.15) is 33.3 Å². The molecular formula is C15H23N. The normalized spacial score (nSPS) is 8.31. The molecule has 0 aliphatic carbocycles. The van der Waals surface area contributed by atoms with Gasteiger partial charge in [-0.15, -0.1) is 0 Å². The molecule has 0 saturated carbocycles. The monoisotopic (exact) mass is 217 g/mol. The average Bonchev–Trinajstić information content (AvgIpc) is 2.82. The molecule has 0 aliphatic heterocycles. The van der Waals surface area contributed by atoms with Crippen molar-refractivity contribution in [3.8, 4) is 11.3 Å². The van der Waals surface area contributed by atoms with Crippen LogP contribution in [0.25, 0.3) is 11.3 Å². The fourth-order valence-electron chi connectivity index (χ4n) is 1.36. The third kappa shape index (κ3) is 3.93. The Bertz CT molecular complexity index is 360. The third-order valence-electron chi connectivity index (χ3n) is 2.02. The minimum absolute atomic E-state index is 1.22. The molecule has 0 aliphatic rings. The molecule has 1 aromatic carbocycles. The molecule has 0 unspecified atom stereocenters. The summed E-state index contributed by atoms with van der Waals surface area (Å²) in [7, 11) is 0. The van der Waals surface area contributed by atoms with Gasteiger partial charge < -0.3 is 4.98 Å². The topological polar surface area (TPSA) is 15.8 Å². The molecule has 0 amide bonds. The second kappa shape index (κ2) is 8.78. The lowest BCUT2D eigenvalue weighted by molar-refractivity contribution is 1.38. The van der Waals surface area contributed by atoms with Crippen LogP contribution in [0, 0.1) is 6.92 Å². The number of rotatable bonds is 1. The Morgan fingerprint density at radius 2 is 1.38 bits per heavy atom. The van der Waals surface area contributed by atoms with Crippen molar-refractivity contribution in [2.24, 2.45) is 0 Å². The zero-order chi connectivity index (χ0) is 12.4. The summed E-state index contributed by atoms with van der Waals surface area (Å²) >= 11 is 0. The van der Waals surface area contributed by atoms with Crippen molar-refractivity contribution in [2.45, 2.75) is 34.6 Å². The Balaban J connectivity index is 0.000000509. The Morgan fingerprint density at radius 1 is 0.812 bits per heavy atom. The summed E-state index contributed by atoms with van der Waals surface area (Å²) in [6.07, 6.45) is 1.97. The van der Waals surface area contributed by atoms with Gasteiger partial charge in [0.25, 0.3) is 0 Å². The first-order valence-corrected chi connectivity index (χ1v) is 6.07. The van der Waals surface area contributed by atoms with E-state index < -0.39 is 0 Å². The number of nitrogens with one attached hydrogen (secondary N) is 1. The Morgan fingerprint density at radius 3 is 1.81 bits per heavy atom. The maximum Gasteiger partial charge on any atom is 0.0483 e. The molecule has 0 spiro atoms. The van der Waals surface area contributed by atoms with Gasteiger partial charge in [0.2, 0.25) is 0 Å². The quantitative estimate of drug-likeness (QED) is 0.688. The van der Waals surface area contributed by atoms with E-state index in [0.717, 1.165) is 0 Å². The molecule has 16 heavy (non-hydrogen) atoms. The van der Waals surface area contributed by atoms with E-state index in [9.17, 15) is 0 Å². The van der Waals surface area contributed by atoms with Crippen molar-refractivity contribution in [1.82, 2.24) is 4.98 Å². The second-order valence-electron chi connectivity index (χ2n) is 2.90. The predicted molar refractivity (Wildman–Crippen MR) is 73.7 cm³/mol. The van der Waals surface area contributed by atoms with Crippen LogP contribution in [0.5, 0.6) is 0 Å². The van der Waals surface area contributed by atoms with E-state index in [1.165, 1.54) is 16.8 Å². The molecule has 1 N–H and O–H groups in total. The van der Waals surface area contributed by atoms with Crippen molar-refractivity contribution in [3.63, 3.8) is 0 Å². The lowest BCUT2D eigenvalue weighted by Crippen LogP contribution is -1.78. The molecule has 1 heterocycles. The highest BCUT2D eigenvalue weighted by molar-refractivity contribution is 5.62. The van der Waals surface area contributed by atoms with Crippen LogP contribution >= 0.6 is 0 Å². The molecule has 1 nitrogen and oxygen atoms in total. The third-order valence-corrected chi connectivity index (χ3v) is 2.02. The first-order valence-electron chi connectivity index (χ1n) is 6.07. The van der Waals surface area contributed by atoms with E-state index in [1.54, 1.807) is 0 Å². The van der Waals surface area contributed by atoms with Crippen molar-refractivity contribution in [3.05, 3.63) is 48.2 Å². The highest BCUT2D eigenvalue weighted by Crippen LogP contribution is 2.20. The van der Waals surface area contributed by atoms with Gasteiger partial charge in [0.15, 0.2) is 0 Å². The predicted octanol–water partition coefficient (Wildman–Crippen LogP) is 5.04. The Hall–Kier alpha value is -1.50. The van der Waals surface area contributed by atoms with Crippen molar-refractivity contribution >= 4 is 0 Å². The van der Waals surface area contributed by atoms with Crippen LogP contribution in [0.2, 0.25) is 0 Å². The zero-order valence-corrected chi connectivity index (χ0v) is 11.0. The van der Waals surface area contributed by atoms with Gasteiger partial charge in [-0.2, -0.15) is 0 Å². The average molecular weight is 217 g/mol. The summed E-state index contributed by atoms with van der Waals surface area (Å²) in [5.74, 6) is 0. The number of aromatic nitrogens is 1. The molecule has 88 valence electrons. The van der Waals surface area contributed by atoms with Crippen molar-refractivity contribution in [1.29, 1.82) is 0 Å². The van der Waals surface area contributed by atoms with Crippen molar-refractivity contribution < 1.29 is 0 Å². The molecule has 1 aromatic heterocycles. The molecule has 2 rings (SSSR count). The lowest BCUT2D eigenvalue weighted by atomic mass is 10.1. The van der Waals surface area contributed by atoms with E-state index in [1.807, 2.05) is 40.0 Å². The second-order valence-corrected chi connectivity index (χ2v) is 2.90. The van der Waals surface area contributed by atoms with Gasteiger partial charge in [-0.1, -0.05) is 58.0 Å². The van der Waals surface area contributed by atoms with Gasteiger partial charge in [-0.3, -0.25) is 0 Å². The highest BCUT2D eigenvalue weighted by atomic mass is 14.7. The standard InChI is InChI=1S/C11H11N.2C2H6/c1-9-7-8-12-11(9)10-5-3-2-4-6-10;2*1-2/h2-8,12H,1H3;2*1-2H3. The van der Waals surface area contributed by atoms with Crippen LogP contribution in [-0.2, 0) is 0 Å². The smallest absolute Gasteiger partial charge is 0.0483 e. The van der Waals surface area contributed by atoms with Gasteiger partial charge in [-0.25, -0.2) is 0 Å². The SMILES string of the molecule is CC.CC.Cc1cc[nH]c1-c1ccccc1. The largest absolute Gasteiger partial charge is 0.361 e. The molecule has 0 fully saturated rings. The molecule has 0 radical (unpaired) electrons. The van der Waals surface area contributed by atoms with Gasteiger partial charge in [0.05, 0.1) is 0 Å². The fourth-order valence-corrected chi connectivity index (χ4v) is 1.36. The lowest BCUT2D eigenvalue weighted by Gasteiger charge is -1.98. The van der Waals surface area contributed by atoms with Gasteiger partial charge >= 0.3 is 0 Å². The number of aromatic amines is 1. The number of benzene rings is 1. The maximum atomic E-state index is 3.22. The summed E-state index contributed by atoms with van der Waals surface area (Å²) in [5.41, 5.74) is 3.76. The summed E-state index contributed by atoms with van der Waals surface area (Å²) < 4.78 is 0. The van der Waals surface area contributed by atoms with Crippen LogP contribution in [-0.4, -0.2) is 4.98 Å². The maximum absolute atomic E-state index is 3.22. The van der Waals surface area contributed by atoms with Crippen LogP contribution in [0.4, 0.5) is 0 Å². The Labute approximate surface area is 99.5 Å². The number of hydrogen-bond donors (Lipinski definition) is 1. The van der Waals surface area contributed by atoms with Gasteiger partial charge in [0.1, 0.15) is 0 Å². The summed E-state index contributed by atoms with van der Waals surface area (Å²) in [6.45, 7) is 10.1. The highest BCUT2D eigenvalue weighted by Gasteiger charge is 1.99. The first-order chi connectivity index (χ1) is 7.88. The molecule has 0 bridgehead atoms. The number of aryl methyl sites for hydroxylation is 1.